The number of hydrogen-bond acceptors (Lipinski definition) is 5. The molecule has 51 heavy (non-hydrogen) atoms. The highest BCUT2D eigenvalue weighted by molar-refractivity contribution is 6.71. The standard InChI is InChI=1S/C41H86O5Si5/c1-29(25-36(44-49(12,13)14)39(2,3)46-51(18,19)20)32-21-22-33-38-34(28-37(41(32,33)5)45-50(15,16)17)40(4)24-23-31(42-47(6,7)8)26-30(40)27-35(38)43-48(9,10)11/h29-38H,21-28H2,1-20H3/t29?,30-,31+,32?,33?,34?,35?,36-,37-,38?,40?,41?/m0/s1. The minimum Gasteiger partial charge on any atom is -0.415 e. The van der Waals surface area contributed by atoms with Gasteiger partial charge in [0.1, 0.15) is 0 Å². The molecule has 10 heteroatoms. The Balaban J connectivity index is 1.75. The molecule has 4 aliphatic rings. The molecule has 0 aromatic carbocycles. The van der Waals surface area contributed by atoms with Crippen molar-refractivity contribution in [1.29, 1.82) is 0 Å². The Kier molecular flexibility index (Phi) is 13.1. The molecule has 12 atom stereocenters. The fourth-order valence-corrected chi connectivity index (χ4v) is 18.6. The molecule has 0 bridgehead atoms. The zero-order chi connectivity index (χ0) is 39.0. The normalized spacial score (nSPS) is 38.1. The van der Waals surface area contributed by atoms with E-state index in [0.717, 1.165) is 6.42 Å². The molecule has 5 nitrogen and oxygen atoms in total. The second kappa shape index (κ2) is 15.0. The summed E-state index contributed by atoms with van der Waals surface area (Å²) in [5.41, 5.74) is 0.131. The molecule has 0 spiro atoms. The summed E-state index contributed by atoms with van der Waals surface area (Å²) >= 11 is 0. The van der Waals surface area contributed by atoms with Crippen molar-refractivity contribution in [1.82, 2.24) is 0 Å². The largest absolute Gasteiger partial charge is 0.415 e. The highest BCUT2D eigenvalue weighted by Gasteiger charge is 2.67. The van der Waals surface area contributed by atoms with E-state index in [1.54, 1.807) is 0 Å². The lowest BCUT2D eigenvalue weighted by Crippen LogP contribution is -2.65. The first-order valence-corrected chi connectivity index (χ1v) is 38.2. The van der Waals surface area contributed by atoms with Crippen LogP contribution in [0.2, 0.25) is 98.2 Å². The van der Waals surface area contributed by atoms with Crippen LogP contribution in [0.1, 0.15) is 86.0 Å². The van der Waals surface area contributed by atoms with E-state index in [2.05, 4.69) is 133 Å². The molecule has 4 fully saturated rings. The molecule has 0 aromatic heterocycles. The maximum absolute atomic E-state index is 7.54. The van der Waals surface area contributed by atoms with Gasteiger partial charge < -0.3 is 22.1 Å². The van der Waals surface area contributed by atoms with Gasteiger partial charge in [-0.15, -0.1) is 0 Å². The summed E-state index contributed by atoms with van der Waals surface area (Å²) in [5, 5.41) is 0. The summed E-state index contributed by atoms with van der Waals surface area (Å²) in [6.45, 7) is 48.3. The fraction of sp³-hybridized carbons (Fsp3) is 1.00. The van der Waals surface area contributed by atoms with Crippen LogP contribution in [0, 0.1) is 46.3 Å². The molecule has 8 unspecified atom stereocenters. The third-order valence-electron chi connectivity index (χ3n) is 13.4. The second-order valence-electron chi connectivity index (χ2n) is 23.9. The van der Waals surface area contributed by atoms with Gasteiger partial charge in [-0.25, -0.2) is 0 Å². The van der Waals surface area contributed by atoms with Crippen molar-refractivity contribution in [3.63, 3.8) is 0 Å². The summed E-state index contributed by atoms with van der Waals surface area (Å²) in [6.07, 6.45) is 10.9. The van der Waals surface area contributed by atoms with Crippen molar-refractivity contribution >= 4 is 41.6 Å². The number of rotatable bonds is 14. The van der Waals surface area contributed by atoms with Crippen LogP contribution < -0.4 is 0 Å². The molecule has 300 valence electrons. The molecule has 4 aliphatic carbocycles. The first-order valence-electron chi connectivity index (χ1n) is 21.2. The van der Waals surface area contributed by atoms with Gasteiger partial charge in [0.25, 0.3) is 0 Å². The Morgan fingerprint density at radius 1 is 0.647 bits per heavy atom. The highest BCUT2D eigenvalue weighted by Crippen LogP contribution is 2.70. The van der Waals surface area contributed by atoms with E-state index in [4.69, 9.17) is 22.1 Å². The lowest BCUT2D eigenvalue weighted by molar-refractivity contribution is -0.200. The average Bonchev–Trinajstić information content (AvgIpc) is 3.23. The van der Waals surface area contributed by atoms with Gasteiger partial charge in [-0.05, 0) is 210 Å². The van der Waals surface area contributed by atoms with E-state index in [1.165, 1.54) is 44.9 Å². The molecule has 0 aromatic rings. The van der Waals surface area contributed by atoms with Gasteiger partial charge in [-0.2, -0.15) is 0 Å². The third kappa shape index (κ3) is 10.8. The number of hydrogen-bond donors (Lipinski definition) is 0. The first-order chi connectivity index (χ1) is 22.7. The van der Waals surface area contributed by atoms with Crippen molar-refractivity contribution in [2.75, 3.05) is 0 Å². The SMILES string of the molecule is CC(C[C@H](O[Si](C)(C)C)C(C)(C)O[Si](C)(C)C)C1CCC2C3C(O[Si](C)(C)C)C[C@@H]4C[C@H](O[Si](C)(C)C)CCC4(C)C3C[C@H](O[Si](C)(C)C)C12C. The monoisotopic (exact) mass is 799 g/mol. The quantitative estimate of drug-likeness (QED) is 0.164. The van der Waals surface area contributed by atoms with E-state index >= 15 is 0 Å². The Labute approximate surface area is 322 Å². The predicted molar refractivity (Wildman–Crippen MR) is 231 cm³/mol. The van der Waals surface area contributed by atoms with Gasteiger partial charge in [0, 0.05) is 12.2 Å². The van der Waals surface area contributed by atoms with Gasteiger partial charge in [-0.3, -0.25) is 0 Å². The van der Waals surface area contributed by atoms with Crippen molar-refractivity contribution in [3.05, 3.63) is 0 Å². The third-order valence-corrected chi connectivity index (χ3v) is 18.6. The van der Waals surface area contributed by atoms with Crippen LogP contribution in [0.3, 0.4) is 0 Å². The van der Waals surface area contributed by atoms with E-state index in [0.29, 0.717) is 59.2 Å². The van der Waals surface area contributed by atoms with Gasteiger partial charge >= 0.3 is 0 Å². The van der Waals surface area contributed by atoms with Gasteiger partial charge in [0.05, 0.1) is 17.8 Å². The van der Waals surface area contributed by atoms with Crippen LogP contribution in [0.25, 0.3) is 0 Å². The minimum absolute atomic E-state index is 0.0899. The molecule has 4 saturated carbocycles. The summed E-state index contributed by atoms with van der Waals surface area (Å²) < 4.78 is 35.9. The lowest BCUT2D eigenvalue weighted by atomic mass is 9.43. The second-order valence-corrected chi connectivity index (χ2v) is 46.1. The molecule has 0 saturated heterocycles. The van der Waals surface area contributed by atoms with Crippen molar-refractivity contribution < 1.29 is 22.1 Å². The topological polar surface area (TPSA) is 46.2 Å². The Morgan fingerprint density at radius 2 is 1.22 bits per heavy atom. The summed E-state index contributed by atoms with van der Waals surface area (Å²) in [6, 6.07) is 0. The van der Waals surface area contributed by atoms with Gasteiger partial charge in [-0.1, -0.05) is 20.8 Å². The first kappa shape index (κ1) is 44.6. The van der Waals surface area contributed by atoms with Crippen LogP contribution in [0.4, 0.5) is 0 Å². The minimum atomic E-state index is -1.83. The predicted octanol–water partition coefficient (Wildman–Crippen LogP) is 12.4. The molecule has 0 heterocycles. The summed E-state index contributed by atoms with van der Waals surface area (Å²) in [4.78, 5) is 0. The Morgan fingerprint density at radius 3 is 1.73 bits per heavy atom. The molecular weight excluding hydrogens is 713 g/mol. The summed E-state index contributed by atoms with van der Waals surface area (Å²) in [7, 11) is -8.79. The smallest absolute Gasteiger partial charge is 0.184 e. The van der Waals surface area contributed by atoms with Crippen LogP contribution in [0.5, 0.6) is 0 Å². The van der Waals surface area contributed by atoms with E-state index in [9.17, 15) is 0 Å². The zero-order valence-electron chi connectivity index (χ0n) is 37.5. The van der Waals surface area contributed by atoms with Crippen LogP contribution in [-0.2, 0) is 22.1 Å². The maximum atomic E-state index is 7.54. The van der Waals surface area contributed by atoms with Gasteiger partial charge in [0.2, 0.25) is 0 Å². The average molecular weight is 800 g/mol. The van der Waals surface area contributed by atoms with Crippen LogP contribution in [0.15, 0.2) is 0 Å². The zero-order valence-corrected chi connectivity index (χ0v) is 42.5. The van der Waals surface area contributed by atoms with Gasteiger partial charge in [0.15, 0.2) is 41.6 Å². The molecule has 0 aliphatic heterocycles. The van der Waals surface area contributed by atoms with E-state index < -0.39 is 41.6 Å². The van der Waals surface area contributed by atoms with Crippen molar-refractivity contribution in [2.45, 2.75) is 214 Å². The molecule has 4 rings (SSSR count). The lowest BCUT2D eigenvalue weighted by Gasteiger charge is -2.66. The van der Waals surface area contributed by atoms with E-state index in [-0.39, 0.29) is 17.1 Å². The summed E-state index contributed by atoms with van der Waals surface area (Å²) in [5.74, 6) is 3.66. The van der Waals surface area contributed by atoms with Crippen molar-refractivity contribution in [3.8, 4) is 0 Å². The highest BCUT2D eigenvalue weighted by atomic mass is 28.4. The van der Waals surface area contributed by atoms with E-state index in [1.807, 2.05) is 0 Å². The maximum Gasteiger partial charge on any atom is 0.184 e. The Hall–Kier alpha value is 0.884. The molecule has 0 N–H and O–H groups in total. The van der Waals surface area contributed by atoms with Crippen LogP contribution >= 0.6 is 0 Å². The number of fused-ring (bicyclic) bond motifs is 5. The Bertz CT molecular complexity index is 1180. The molecule has 0 amide bonds. The van der Waals surface area contributed by atoms with Crippen molar-refractivity contribution in [2.24, 2.45) is 46.3 Å². The molecule has 0 radical (unpaired) electrons. The fourth-order valence-electron chi connectivity index (χ4n) is 12.1. The van der Waals surface area contributed by atoms with Crippen LogP contribution in [-0.4, -0.2) is 71.6 Å². The molecular formula is C41H86O5Si5.